The SMILES string of the molecule is CCCCCCCCCCCCCCCCCCCCCCCCCCCCCCC/C=C/C(O)C(COC1OC(CO)C(OC2OC(CO)C(OC3OC(CO)C(O)C(O)C3O)C(O)C2O)C(O)C1O)NC(=O)CCCCCCCCCCCCCCCC. The number of rotatable bonds is 58. The van der Waals surface area contributed by atoms with E-state index in [-0.39, 0.29) is 18.9 Å². The van der Waals surface area contributed by atoms with Crippen molar-refractivity contribution in [1.29, 1.82) is 0 Å². The Balaban J connectivity index is 1.37. The first-order valence-electron chi connectivity index (χ1n) is 36.9. The molecule has 0 bridgehead atoms. The van der Waals surface area contributed by atoms with E-state index in [1.165, 1.54) is 231 Å². The zero-order valence-corrected chi connectivity index (χ0v) is 56.4. The molecule has 12 N–H and O–H groups in total. The summed E-state index contributed by atoms with van der Waals surface area (Å²) in [6, 6.07) is -0.968. The fourth-order valence-corrected chi connectivity index (χ4v) is 12.8. The van der Waals surface area contributed by atoms with E-state index in [1.807, 2.05) is 6.08 Å². The first-order chi connectivity index (χ1) is 43.8. The highest BCUT2D eigenvalue weighted by Gasteiger charge is 2.53. The lowest BCUT2D eigenvalue weighted by atomic mass is 9.96. The quantitative estimate of drug-likeness (QED) is 0.0199. The molecule has 1 amide bonds. The zero-order chi connectivity index (χ0) is 65.4. The number of carbonyl (C=O) groups excluding carboxylic acids is 1. The number of unbranched alkanes of at least 4 members (excludes halogenated alkanes) is 42. The van der Waals surface area contributed by atoms with Crippen LogP contribution in [0.1, 0.15) is 303 Å². The van der Waals surface area contributed by atoms with Gasteiger partial charge in [0.1, 0.15) is 73.2 Å². The summed E-state index contributed by atoms with van der Waals surface area (Å²) in [6.45, 7) is 1.77. The molecule has 3 fully saturated rings. The molecule has 3 aliphatic rings. The summed E-state index contributed by atoms with van der Waals surface area (Å²) in [5, 5.41) is 121. The van der Waals surface area contributed by atoms with Gasteiger partial charge in [-0.25, -0.2) is 0 Å². The molecule has 3 rings (SSSR count). The van der Waals surface area contributed by atoms with Crippen LogP contribution in [0.3, 0.4) is 0 Å². The summed E-state index contributed by atoms with van der Waals surface area (Å²) in [7, 11) is 0. The number of carbonyl (C=O) groups is 1. The number of ether oxygens (including phenoxy) is 6. The Hall–Kier alpha value is -1.47. The van der Waals surface area contributed by atoms with Crippen LogP contribution in [0.2, 0.25) is 0 Å². The molecule has 0 radical (unpaired) electrons. The molecule has 0 saturated carbocycles. The third-order valence-corrected chi connectivity index (χ3v) is 18.8. The highest BCUT2D eigenvalue weighted by Crippen LogP contribution is 2.33. The Morgan fingerprint density at radius 2 is 0.689 bits per heavy atom. The second kappa shape index (κ2) is 53.6. The number of nitrogens with one attached hydrogen (secondary N) is 1. The lowest BCUT2D eigenvalue weighted by Gasteiger charge is -2.48. The fraction of sp³-hybridized carbons (Fsp3) is 0.958. The van der Waals surface area contributed by atoms with Gasteiger partial charge in [-0.05, 0) is 19.3 Å². The molecule has 17 atom stereocenters. The Morgan fingerprint density at radius 3 is 1.04 bits per heavy atom. The van der Waals surface area contributed by atoms with Crippen LogP contribution in [-0.4, -0.2) is 193 Å². The van der Waals surface area contributed by atoms with Gasteiger partial charge in [-0.1, -0.05) is 289 Å². The summed E-state index contributed by atoms with van der Waals surface area (Å²) < 4.78 is 34.4. The number of amides is 1. The predicted molar refractivity (Wildman–Crippen MR) is 351 cm³/mol. The Labute approximate surface area is 544 Å². The molecule has 90 heavy (non-hydrogen) atoms. The lowest BCUT2D eigenvalue weighted by Crippen LogP contribution is -2.66. The maximum Gasteiger partial charge on any atom is 0.220 e. The Kier molecular flexibility index (Phi) is 49.3. The van der Waals surface area contributed by atoms with Crippen molar-refractivity contribution in [3.05, 3.63) is 12.2 Å². The molecule has 17 unspecified atom stereocenters. The van der Waals surface area contributed by atoms with Crippen molar-refractivity contribution < 1.29 is 89.4 Å². The van der Waals surface area contributed by atoms with Crippen LogP contribution in [-0.2, 0) is 33.2 Å². The molecular weight excluding hydrogens is 1150 g/mol. The van der Waals surface area contributed by atoms with Crippen molar-refractivity contribution >= 4 is 5.91 Å². The second-order valence-corrected chi connectivity index (χ2v) is 26.8. The number of allylic oxidation sites excluding steroid dienone is 1. The molecule has 0 spiro atoms. The first kappa shape index (κ1) is 82.8. The summed E-state index contributed by atoms with van der Waals surface area (Å²) >= 11 is 0. The number of hydrogen-bond donors (Lipinski definition) is 12. The maximum atomic E-state index is 13.4. The molecule has 532 valence electrons. The maximum absolute atomic E-state index is 13.4. The van der Waals surface area contributed by atoms with Gasteiger partial charge in [0, 0.05) is 6.42 Å². The van der Waals surface area contributed by atoms with Gasteiger partial charge >= 0.3 is 0 Å². The van der Waals surface area contributed by atoms with Crippen LogP contribution in [0.5, 0.6) is 0 Å². The minimum absolute atomic E-state index is 0.249. The topological polar surface area (TPSA) is 307 Å². The van der Waals surface area contributed by atoms with Gasteiger partial charge in [0.2, 0.25) is 5.91 Å². The van der Waals surface area contributed by atoms with Crippen molar-refractivity contribution in [3.63, 3.8) is 0 Å². The van der Waals surface area contributed by atoms with E-state index in [0.717, 1.165) is 44.9 Å². The fourth-order valence-electron chi connectivity index (χ4n) is 12.8. The van der Waals surface area contributed by atoms with E-state index in [1.54, 1.807) is 6.08 Å². The van der Waals surface area contributed by atoms with Crippen LogP contribution < -0.4 is 5.32 Å². The lowest BCUT2D eigenvalue weighted by molar-refractivity contribution is -0.379. The van der Waals surface area contributed by atoms with E-state index in [9.17, 15) is 61.0 Å². The third kappa shape index (κ3) is 35.0. The van der Waals surface area contributed by atoms with Crippen LogP contribution >= 0.6 is 0 Å². The average molecular weight is 1290 g/mol. The average Bonchev–Trinajstić information content (AvgIpc) is 0.987. The number of hydrogen-bond acceptors (Lipinski definition) is 18. The minimum atomic E-state index is -1.98. The molecule has 3 saturated heterocycles. The second-order valence-electron chi connectivity index (χ2n) is 26.8. The van der Waals surface area contributed by atoms with Crippen LogP contribution in [0.15, 0.2) is 12.2 Å². The van der Waals surface area contributed by atoms with Crippen LogP contribution in [0, 0.1) is 0 Å². The minimum Gasteiger partial charge on any atom is -0.394 e. The summed E-state index contributed by atoms with van der Waals surface area (Å²) in [5.74, 6) is -0.270. The standard InChI is InChI=1S/C71H135NO18/c1-3-5-7-9-11-13-15-17-19-20-21-22-23-24-25-26-27-28-29-30-31-32-33-34-35-36-38-40-42-44-46-48-55(76)54(72-59(77)49-47-45-43-41-39-37-18-16-14-12-10-8-6-4-2)53-85-69-65(83)62(80)67(57(51-74)87-69)90-71-66(84)63(81)68(58(52-75)88-71)89-70-64(82)61(79)60(78)56(50-73)86-70/h46,48,54-58,60-71,73-76,78-84H,3-45,47,49-53H2,1-2H3,(H,72,77)/b48-46+. The molecular formula is C71H135NO18. The van der Waals surface area contributed by atoms with Crippen molar-refractivity contribution in [2.24, 2.45) is 0 Å². The molecule has 3 aliphatic heterocycles. The van der Waals surface area contributed by atoms with Gasteiger partial charge in [-0.15, -0.1) is 0 Å². The molecule has 0 aromatic carbocycles. The summed E-state index contributed by atoms with van der Waals surface area (Å²) in [6.07, 6.45) is 33.5. The molecule has 0 aliphatic carbocycles. The van der Waals surface area contributed by atoms with E-state index >= 15 is 0 Å². The van der Waals surface area contributed by atoms with Crippen molar-refractivity contribution in [3.8, 4) is 0 Å². The summed E-state index contributed by atoms with van der Waals surface area (Å²) in [5.41, 5.74) is 0. The zero-order valence-electron chi connectivity index (χ0n) is 56.4. The van der Waals surface area contributed by atoms with Gasteiger partial charge in [0.05, 0.1) is 38.6 Å². The summed E-state index contributed by atoms with van der Waals surface area (Å²) in [4.78, 5) is 13.4. The molecule has 0 aromatic rings. The van der Waals surface area contributed by atoms with Gasteiger partial charge in [0.25, 0.3) is 0 Å². The molecule has 19 heteroatoms. The van der Waals surface area contributed by atoms with E-state index in [4.69, 9.17) is 28.4 Å². The van der Waals surface area contributed by atoms with E-state index < -0.39 is 124 Å². The van der Waals surface area contributed by atoms with Crippen molar-refractivity contribution in [2.45, 2.75) is 407 Å². The van der Waals surface area contributed by atoms with Crippen LogP contribution in [0.25, 0.3) is 0 Å². The van der Waals surface area contributed by atoms with Gasteiger partial charge in [-0.2, -0.15) is 0 Å². The van der Waals surface area contributed by atoms with E-state index in [0.29, 0.717) is 6.42 Å². The highest BCUT2D eigenvalue weighted by molar-refractivity contribution is 5.76. The van der Waals surface area contributed by atoms with Gasteiger partial charge in [-0.3, -0.25) is 4.79 Å². The third-order valence-electron chi connectivity index (χ3n) is 18.8. The van der Waals surface area contributed by atoms with Crippen molar-refractivity contribution in [2.75, 3.05) is 26.4 Å². The largest absolute Gasteiger partial charge is 0.394 e. The normalized spacial score (nSPS) is 28.0. The highest BCUT2D eigenvalue weighted by atomic mass is 16.8. The van der Waals surface area contributed by atoms with E-state index in [2.05, 4.69) is 19.2 Å². The number of aliphatic hydroxyl groups is 11. The van der Waals surface area contributed by atoms with Crippen LogP contribution in [0.4, 0.5) is 0 Å². The number of aliphatic hydroxyl groups excluding tert-OH is 11. The predicted octanol–water partition coefficient (Wildman–Crippen LogP) is 10.4. The smallest absolute Gasteiger partial charge is 0.220 e. The van der Waals surface area contributed by atoms with Gasteiger partial charge < -0.3 is 89.9 Å². The van der Waals surface area contributed by atoms with Gasteiger partial charge in [0.15, 0.2) is 18.9 Å². The molecule has 19 nitrogen and oxygen atoms in total. The molecule has 0 aromatic heterocycles. The Bertz CT molecular complexity index is 1680. The monoisotopic (exact) mass is 1290 g/mol. The van der Waals surface area contributed by atoms with Crippen molar-refractivity contribution in [1.82, 2.24) is 5.32 Å². The molecule has 3 heterocycles. The Morgan fingerprint density at radius 1 is 0.389 bits per heavy atom. The first-order valence-corrected chi connectivity index (χ1v) is 36.9.